The molecule has 3 aliphatic rings. The zero-order valence-corrected chi connectivity index (χ0v) is 15.0. The van der Waals surface area contributed by atoms with Crippen LogP contribution >= 0.6 is 0 Å². The number of anilines is 1. The van der Waals surface area contributed by atoms with Crippen molar-refractivity contribution in [3.8, 4) is 0 Å². The molecule has 140 valence electrons. The van der Waals surface area contributed by atoms with Crippen molar-refractivity contribution in [1.29, 1.82) is 0 Å². The van der Waals surface area contributed by atoms with Crippen LogP contribution in [0.3, 0.4) is 0 Å². The van der Waals surface area contributed by atoms with E-state index in [-0.39, 0.29) is 30.0 Å². The molecule has 7 heteroatoms. The van der Waals surface area contributed by atoms with Crippen LogP contribution in [-0.4, -0.2) is 39.6 Å². The summed E-state index contributed by atoms with van der Waals surface area (Å²) in [5.41, 5.74) is 2.73. The zero-order chi connectivity index (χ0) is 18.5. The third-order valence-electron chi connectivity index (χ3n) is 5.72. The highest BCUT2D eigenvalue weighted by atomic mass is 19.1. The number of amides is 2. The van der Waals surface area contributed by atoms with Gasteiger partial charge in [0, 0.05) is 31.1 Å². The van der Waals surface area contributed by atoms with Crippen molar-refractivity contribution in [2.45, 2.75) is 38.3 Å². The van der Waals surface area contributed by atoms with Crippen molar-refractivity contribution in [2.75, 3.05) is 18.0 Å². The number of aromatic nitrogens is 2. The van der Waals surface area contributed by atoms with Gasteiger partial charge in [0.25, 0.3) is 0 Å². The van der Waals surface area contributed by atoms with Gasteiger partial charge in [-0.1, -0.05) is 6.07 Å². The molecular weight excluding hydrogens is 347 g/mol. The second kappa shape index (κ2) is 6.18. The Hall–Kier alpha value is -2.70. The maximum atomic E-state index is 13.5. The van der Waals surface area contributed by atoms with Gasteiger partial charge in [-0.15, -0.1) is 0 Å². The van der Waals surface area contributed by atoms with E-state index in [4.69, 9.17) is 0 Å². The molecule has 2 fully saturated rings. The van der Waals surface area contributed by atoms with Crippen LogP contribution in [0.4, 0.5) is 10.1 Å². The SMILES string of the molecule is O=C([C@@H]1CC(=O)N(c2cccc(F)c2)C1)N1CCn2nc(C3CC3)cc2C1. The number of nitrogens with zero attached hydrogens (tertiary/aromatic N) is 4. The summed E-state index contributed by atoms with van der Waals surface area (Å²) in [5.74, 6) is -0.289. The Morgan fingerprint density at radius 1 is 1.19 bits per heavy atom. The van der Waals surface area contributed by atoms with Crippen molar-refractivity contribution in [3.05, 3.63) is 47.5 Å². The maximum absolute atomic E-state index is 13.5. The van der Waals surface area contributed by atoms with Gasteiger partial charge in [-0.25, -0.2) is 4.39 Å². The molecule has 0 unspecified atom stereocenters. The monoisotopic (exact) mass is 368 g/mol. The molecule has 1 aromatic heterocycles. The van der Waals surface area contributed by atoms with Gasteiger partial charge in [0.2, 0.25) is 11.8 Å². The van der Waals surface area contributed by atoms with Crippen molar-refractivity contribution >= 4 is 17.5 Å². The summed E-state index contributed by atoms with van der Waals surface area (Å²) in [6.45, 7) is 2.16. The summed E-state index contributed by atoms with van der Waals surface area (Å²) in [6, 6.07) is 8.09. The minimum absolute atomic E-state index is 0.00248. The summed E-state index contributed by atoms with van der Waals surface area (Å²) in [6.07, 6.45) is 2.59. The van der Waals surface area contributed by atoms with E-state index >= 15 is 0 Å². The highest BCUT2D eigenvalue weighted by Crippen LogP contribution is 2.40. The third kappa shape index (κ3) is 3.01. The van der Waals surface area contributed by atoms with Gasteiger partial charge in [0.1, 0.15) is 5.82 Å². The number of carbonyl (C=O) groups excluding carboxylic acids is 2. The van der Waals surface area contributed by atoms with Crippen LogP contribution in [0.5, 0.6) is 0 Å². The van der Waals surface area contributed by atoms with E-state index in [1.54, 1.807) is 12.1 Å². The highest BCUT2D eigenvalue weighted by molar-refractivity contribution is 6.00. The Morgan fingerprint density at radius 3 is 2.81 bits per heavy atom. The van der Waals surface area contributed by atoms with Crippen LogP contribution in [-0.2, 0) is 22.7 Å². The quantitative estimate of drug-likeness (QED) is 0.835. The zero-order valence-electron chi connectivity index (χ0n) is 15.0. The number of rotatable bonds is 3. The van der Waals surface area contributed by atoms with Crippen LogP contribution in [0.25, 0.3) is 0 Å². The van der Waals surface area contributed by atoms with E-state index in [1.807, 2.05) is 9.58 Å². The van der Waals surface area contributed by atoms with E-state index in [2.05, 4.69) is 11.2 Å². The van der Waals surface area contributed by atoms with Gasteiger partial charge in [-0.3, -0.25) is 14.3 Å². The molecule has 5 rings (SSSR count). The van der Waals surface area contributed by atoms with Crippen LogP contribution < -0.4 is 4.90 Å². The van der Waals surface area contributed by atoms with E-state index in [9.17, 15) is 14.0 Å². The molecule has 1 aromatic carbocycles. The Bertz CT molecular complexity index is 920. The summed E-state index contributed by atoms with van der Waals surface area (Å²) in [4.78, 5) is 28.7. The van der Waals surface area contributed by atoms with E-state index in [1.165, 1.54) is 29.9 Å². The topological polar surface area (TPSA) is 58.4 Å². The van der Waals surface area contributed by atoms with Crippen molar-refractivity contribution in [3.63, 3.8) is 0 Å². The largest absolute Gasteiger partial charge is 0.335 e. The number of halogens is 1. The summed E-state index contributed by atoms with van der Waals surface area (Å²) in [5, 5.41) is 4.66. The molecule has 1 saturated carbocycles. The summed E-state index contributed by atoms with van der Waals surface area (Å²) in [7, 11) is 0. The Labute approximate surface area is 156 Å². The lowest BCUT2D eigenvalue weighted by atomic mass is 10.1. The normalized spacial score (nSPS) is 22.3. The second-order valence-electron chi connectivity index (χ2n) is 7.70. The average molecular weight is 368 g/mol. The van der Waals surface area contributed by atoms with Gasteiger partial charge in [-0.05, 0) is 37.1 Å². The Balaban J connectivity index is 1.29. The lowest BCUT2D eigenvalue weighted by molar-refractivity contribution is -0.137. The minimum atomic E-state index is -0.383. The Morgan fingerprint density at radius 2 is 2.04 bits per heavy atom. The fraction of sp³-hybridized carbons (Fsp3) is 0.450. The van der Waals surface area contributed by atoms with Crippen LogP contribution in [0.2, 0.25) is 0 Å². The molecule has 0 radical (unpaired) electrons. The van der Waals surface area contributed by atoms with E-state index < -0.39 is 0 Å². The minimum Gasteiger partial charge on any atom is -0.335 e. The van der Waals surface area contributed by atoms with Crippen molar-refractivity contribution in [1.82, 2.24) is 14.7 Å². The van der Waals surface area contributed by atoms with Crippen molar-refractivity contribution < 1.29 is 14.0 Å². The molecule has 0 N–H and O–H groups in total. The predicted octanol–water partition coefficient (Wildman–Crippen LogP) is 2.29. The fourth-order valence-corrected chi connectivity index (χ4v) is 4.08. The number of fused-ring (bicyclic) bond motifs is 1. The standard InChI is InChI=1S/C20H21FN4O2/c21-15-2-1-3-16(9-15)24-11-14(8-19(24)26)20(27)23-6-7-25-17(12-23)10-18(22-25)13-4-5-13/h1-3,9-10,13-14H,4-8,11-12H2/t14-/m1/s1. The van der Waals surface area contributed by atoms with Gasteiger partial charge in [-0.2, -0.15) is 5.10 Å². The first-order valence-electron chi connectivity index (χ1n) is 9.50. The maximum Gasteiger partial charge on any atom is 0.228 e. The molecular formula is C20H21FN4O2. The lowest BCUT2D eigenvalue weighted by Crippen LogP contribution is -2.42. The molecule has 2 aliphatic heterocycles. The molecule has 3 heterocycles. The van der Waals surface area contributed by atoms with Crippen LogP contribution in [0, 0.1) is 11.7 Å². The van der Waals surface area contributed by atoms with E-state index in [0.29, 0.717) is 37.8 Å². The summed E-state index contributed by atoms with van der Waals surface area (Å²) < 4.78 is 15.5. The third-order valence-corrected chi connectivity index (χ3v) is 5.72. The smallest absolute Gasteiger partial charge is 0.228 e. The number of benzene rings is 1. The number of carbonyl (C=O) groups is 2. The summed E-state index contributed by atoms with van der Waals surface area (Å²) >= 11 is 0. The molecule has 6 nitrogen and oxygen atoms in total. The Kier molecular flexibility index (Phi) is 3.77. The van der Waals surface area contributed by atoms with Gasteiger partial charge < -0.3 is 9.80 Å². The van der Waals surface area contributed by atoms with Crippen molar-refractivity contribution in [2.24, 2.45) is 5.92 Å². The molecule has 1 aliphatic carbocycles. The molecule has 2 aromatic rings. The highest BCUT2D eigenvalue weighted by Gasteiger charge is 2.38. The molecule has 1 atom stereocenters. The predicted molar refractivity (Wildman–Crippen MR) is 96.5 cm³/mol. The van der Waals surface area contributed by atoms with Gasteiger partial charge in [0.05, 0.1) is 30.4 Å². The fourth-order valence-electron chi connectivity index (χ4n) is 4.08. The average Bonchev–Trinajstić information content (AvgIpc) is 3.31. The van der Waals surface area contributed by atoms with E-state index in [0.717, 1.165) is 11.4 Å². The number of hydrogen-bond donors (Lipinski definition) is 0. The van der Waals surface area contributed by atoms with Crippen LogP contribution in [0.1, 0.15) is 36.6 Å². The molecule has 0 bridgehead atoms. The van der Waals surface area contributed by atoms with Gasteiger partial charge >= 0.3 is 0 Å². The lowest BCUT2D eigenvalue weighted by Gasteiger charge is -2.29. The second-order valence-corrected chi connectivity index (χ2v) is 7.70. The van der Waals surface area contributed by atoms with Crippen LogP contribution in [0.15, 0.2) is 30.3 Å². The van der Waals surface area contributed by atoms with Gasteiger partial charge in [0.15, 0.2) is 0 Å². The molecule has 0 spiro atoms. The molecule has 1 saturated heterocycles. The molecule has 2 amide bonds. The molecule has 27 heavy (non-hydrogen) atoms. The first-order chi connectivity index (χ1) is 13.1. The first-order valence-corrected chi connectivity index (χ1v) is 9.50. The first kappa shape index (κ1) is 16.5. The number of hydrogen-bond acceptors (Lipinski definition) is 3.